The number of nitrogens with one attached hydrogen (secondary N) is 1. The summed E-state index contributed by atoms with van der Waals surface area (Å²) in [6.07, 6.45) is -6.24. The van der Waals surface area contributed by atoms with Crippen molar-refractivity contribution in [2.24, 2.45) is 0 Å². The highest BCUT2D eigenvalue weighted by Crippen LogP contribution is 2.45. The Morgan fingerprint density at radius 1 is 1.11 bits per heavy atom. The van der Waals surface area contributed by atoms with Gasteiger partial charge >= 0.3 is 31.1 Å². The molecule has 0 saturated heterocycles. The molecule has 0 saturated carbocycles. The van der Waals surface area contributed by atoms with Gasteiger partial charge in [0.1, 0.15) is 5.69 Å². The number of alkyl halides is 9. The molecule has 0 fully saturated rings. The predicted octanol–water partition coefficient (Wildman–Crippen LogP) is 3.36. The number of hydrogen-bond donors (Lipinski definition) is 1. The summed E-state index contributed by atoms with van der Waals surface area (Å²) < 4.78 is 121. The van der Waals surface area contributed by atoms with Crippen molar-refractivity contribution in [2.45, 2.75) is 25.3 Å². The molecule has 0 amide bonds. The quantitative estimate of drug-likeness (QED) is 0.411. The van der Waals surface area contributed by atoms with Gasteiger partial charge in [0.15, 0.2) is 0 Å². The minimum absolute atomic E-state index is 0.303. The Balaban J connectivity index is 2.74. The Bertz CT molecular complexity index is 862. The van der Waals surface area contributed by atoms with E-state index in [0.29, 0.717) is 0 Å². The number of H-pyrrole nitrogens is 1. The van der Waals surface area contributed by atoms with E-state index in [4.69, 9.17) is 0 Å². The van der Waals surface area contributed by atoms with Crippen LogP contribution in [0.3, 0.4) is 0 Å². The standard InChI is InChI=1S/C10H4F9N5O4/c11-7(12)27-3-1-2(9(15,16)10(17,18)19)22-23(3)4-5(24(25)26)20-21-6(4)28-8(13)14/h1,7-8H,(H,20,21). The van der Waals surface area contributed by atoms with E-state index >= 15 is 0 Å². The second kappa shape index (κ2) is 7.08. The summed E-state index contributed by atoms with van der Waals surface area (Å²) >= 11 is 0. The fourth-order valence-electron chi connectivity index (χ4n) is 1.79. The predicted molar refractivity (Wildman–Crippen MR) is 65.6 cm³/mol. The highest BCUT2D eigenvalue weighted by atomic mass is 19.4. The zero-order chi connectivity index (χ0) is 21.4. The lowest BCUT2D eigenvalue weighted by atomic mass is 10.2. The summed E-state index contributed by atoms with van der Waals surface area (Å²) in [7, 11) is 0. The highest BCUT2D eigenvalue weighted by molar-refractivity contribution is 5.56. The normalized spacial score (nSPS) is 12.7. The molecule has 2 rings (SSSR count). The molecule has 156 valence electrons. The van der Waals surface area contributed by atoms with Crippen molar-refractivity contribution in [3.05, 3.63) is 21.9 Å². The average molecular weight is 429 g/mol. The van der Waals surface area contributed by atoms with Gasteiger partial charge in [-0.15, -0.1) is 5.10 Å². The summed E-state index contributed by atoms with van der Waals surface area (Å²) in [5.74, 6) is -10.1. The molecule has 2 aromatic rings. The molecule has 0 aromatic carbocycles. The van der Waals surface area contributed by atoms with Gasteiger partial charge in [-0.05, 0) is 10.0 Å². The van der Waals surface area contributed by atoms with Crippen LogP contribution >= 0.6 is 0 Å². The van der Waals surface area contributed by atoms with E-state index in [1.165, 1.54) is 5.10 Å². The van der Waals surface area contributed by atoms with Crippen LogP contribution in [0.1, 0.15) is 5.69 Å². The van der Waals surface area contributed by atoms with Crippen LogP contribution in [-0.4, -0.2) is 44.3 Å². The van der Waals surface area contributed by atoms with Crippen molar-refractivity contribution >= 4 is 5.82 Å². The van der Waals surface area contributed by atoms with Gasteiger partial charge in [0.25, 0.3) is 5.88 Å². The molecule has 0 aliphatic carbocycles. The molecule has 0 atom stereocenters. The summed E-state index contributed by atoms with van der Waals surface area (Å²) in [6.45, 7) is -7.50. The molecule has 28 heavy (non-hydrogen) atoms. The number of rotatable bonds is 7. The first-order chi connectivity index (χ1) is 12.8. The van der Waals surface area contributed by atoms with Crippen LogP contribution in [0.5, 0.6) is 11.8 Å². The van der Waals surface area contributed by atoms with Crippen molar-refractivity contribution in [1.29, 1.82) is 0 Å². The van der Waals surface area contributed by atoms with E-state index in [2.05, 4.69) is 19.7 Å². The van der Waals surface area contributed by atoms with E-state index < -0.39 is 59.2 Å². The molecule has 2 heterocycles. The number of halogens is 9. The van der Waals surface area contributed by atoms with E-state index in [0.717, 1.165) is 0 Å². The maximum atomic E-state index is 13.5. The summed E-state index contributed by atoms with van der Waals surface area (Å²) in [4.78, 5) is 9.54. The number of aromatic nitrogens is 4. The fourth-order valence-corrected chi connectivity index (χ4v) is 1.79. The van der Waals surface area contributed by atoms with Crippen LogP contribution in [-0.2, 0) is 5.92 Å². The zero-order valence-electron chi connectivity index (χ0n) is 12.6. The van der Waals surface area contributed by atoms with Gasteiger partial charge in [0.05, 0.1) is 0 Å². The molecule has 18 heteroatoms. The van der Waals surface area contributed by atoms with E-state index in [1.807, 2.05) is 0 Å². The zero-order valence-corrected chi connectivity index (χ0v) is 12.6. The van der Waals surface area contributed by atoms with Gasteiger partial charge in [0, 0.05) is 6.07 Å². The lowest BCUT2D eigenvalue weighted by molar-refractivity contribution is -0.389. The SMILES string of the molecule is O=[N+]([O-])c1[nH]nc(OC(F)F)c1-n1nc(C(F)(F)C(F)(F)F)cc1OC(F)F. The lowest BCUT2D eigenvalue weighted by Gasteiger charge is -2.16. The van der Waals surface area contributed by atoms with Crippen LogP contribution < -0.4 is 9.47 Å². The monoisotopic (exact) mass is 429 g/mol. The first-order valence-corrected chi connectivity index (χ1v) is 6.43. The Hall–Kier alpha value is -3.21. The third-order valence-electron chi connectivity index (χ3n) is 2.85. The molecule has 0 aliphatic rings. The summed E-state index contributed by atoms with van der Waals surface area (Å²) in [6, 6.07) is -0.303. The minimum atomic E-state index is -6.24. The van der Waals surface area contributed by atoms with E-state index in [-0.39, 0.29) is 10.7 Å². The van der Waals surface area contributed by atoms with Gasteiger partial charge in [-0.2, -0.15) is 49.3 Å². The maximum Gasteiger partial charge on any atom is 0.459 e. The third kappa shape index (κ3) is 3.88. The van der Waals surface area contributed by atoms with Crippen LogP contribution in [0.4, 0.5) is 45.3 Å². The Labute approximate surface area is 145 Å². The van der Waals surface area contributed by atoms with Crippen LogP contribution in [0, 0.1) is 10.1 Å². The summed E-state index contributed by atoms with van der Waals surface area (Å²) in [5.41, 5.74) is -3.60. The molecule has 9 nitrogen and oxygen atoms in total. The Morgan fingerprint density at radius 3 is 2.14 bits per heavy atom. The first kappa shape index (κ1) is 21.1. The number of nitro groups is 1. The molecule has 0 spiro atoms. The van der Waals surface area contributed by atoms with Crippen LogP contribution in [0.15, 0.2) is 6.07 Å². The van der Waals surface area contributed by atoms with Crippen LogP contribution in [0.25, 0.3) is 5.69 Å². The topological polar surface area (TPSA) is 108 Å². The van der Waals surface area contributed by atoms with Crippen molar-refractivity contribution < 1.29 is 53.9 Å². The van der Waals surface area contributed by atoms with Crippen molar-refractivity contribution in [1.82, 2.24) is 20.0 Å². The third-order valence-corrected chi connectivity index (χ3v) is 2.85. The molecule has 0 aliphatic heterocycles. The average Bonchev–Trinajstić information content (AvgIpc) is 3.09. The van der Waals surface area contributed by atoms with Gasteiger partial charge < -0.3 is 19.6 Å². The van der Waals surface area contributed by atoms with Gasteiger partial charge in [0.2, 0.25) is 11.6 Å². The molecule has 0 unspecified atom stereocenters. The van der Waals surface area contributed by atoms with Crippen molar-refractivity contribution in [3.8, 4) is 17.4 Å². The Kier molecular flexibility index (Phi) is 5.33. The number of nitrogens with zero attached hydrogens (tertiary/aromatic N) is 4. The second-order valence-corrected chi connectivity index (χ2v) is 4.59. The van der Waals surface area contributed by atoms with Crippen LogP contribution in [0.2, 0.25) is 0 Å². The smallest absolute Gasteiger partial charge is 0.417 e. The lowest BCUT2D eigenvalue weighted by Crippen LogP contribution is -2.34. The van der Waals surface area contributed by atoms with Gasteiger partial charge in [-0.25, -0.2) is 0 Å². The molecule has 2 aromatic heterocycles. The first-order valence-electron chi connectivity index (χ1n) is 6.43. The molecular weight excluding hydrogens is 425 g/mol. The van der Waals surface area contributed by atoms with Gasteiger partial charge in [-0.3, -0.25) is 0 Å². The summed E-state index contributed by atoms with van der Waals surface area (Å²) in [5, 5.41) is 18.0. The largest absolute Gasteiger partial charge is 0.459 e. The molecule has 0 radical (unpaired) electrons. The number of hydrogen-bond acceptors (Lipinski definition) is 6. The Morgan fingerprint density at radius 2 is 1.68 bits per heavy atom. The number of ether oxygens (including phenoxy) is 2. The van der Waals surface area contributed by atoms with Crippen molar-refractivity contribution in [2.75, 3.05) is 0 Å². The second-order valence-electron chi connectivity index (χ2n) is 4.59. The van der Waals surface area contributed by atoms with E-state index in [1.54, 1.807) is 0 Å². The molecule has 1 N–H and O–H groups in total. The van der Waals surface area contributed by atoms with Crippen molar-refractivity contribution in [3.63, 3.8) is 0 Å². The minimum Gasteiger partial charge on any atom is -0.417 e. The molecule has 0 bridgehead atoms. The van der Waals surface area contributed by atoms with E-state index in [9.17, 15) is 49.6 Å². The maximum absolute atomic E-state index is 13.5. The van der Waals surface area contributed by atoms with Gasteiger partial charge in [-0.1, -0.05) is 0 Å². The molecular formula is C10H4F9N5O4. The number of aromatic amines is 1. The highest BCUT2D eigenvalue weighted by Gasteiger charge is 2.61. The fraction of sp³-hybridized carbons (Fsp3) is 0.400.